The fourth-order valence-corrected chi connectivity index (χ4v) is 4.75. The zero-order chi connectivity index (χ0) is 29.6. The molecule has 0 saturated carbocycles. The molecule has 8 nitrogen and oxygen atoms in total. The van der Waals surface area contributed by atoms with Crippen LogP contribution in [0.5, 0.6) is 0 Å². The van der Waals surface area contributed by atoms with E-state index in [9.17, 15) is 26.3 Å². The highest BCUT2D eigenvalue weighted by molar-refractivity contribution is 6.33. The molecule has 212 valence electrons. The zero-order valence-corrected chi connectivity index (χ0v) is 21.7. The van der Waals surface area contributed by atoms with E-state index >= 15 is 0 Å². The molecule has 42 heavy (non-hydrogen) atoms. The van der Waals surface area contributed by atoms with Crippen molar-refractivity contribution in [2.45, 2.75) is 18.9 Å². The average Bonchev–Trinajstić information content (AvgIpc) is 3.57. The molecule has 0 aliphatic rings. The van der Waals surface area contributed by atoms with Crippen LogP contribution in [-0.2, 0) is 18.9 Å². The summed E-state index contributed by atoms with van der Waals surface area (Å²) in [6, 6.07) is 11.5. The molecule has 0 spiro atoms. The normalized spacial score (nSPS) is 12.3. The molecular weight excluding hydrogens is 586 g/mol. The molecule has 6 aromatic rings. The molecule has 4 heterocycles. The summed E-state index contributed by atoms with van der Waals surface area (Å²) < 4.78 is 83.8. The van der Waals surface area contributed by atoms with E-state index in [0.29, 0.717) is 39.5 Å². The summed E-state index contributed by atoms with van der Waals surface area (Å²) >= 11 is 6.43. The topological polar surface area (TPSA) is 86.7 Å². The summed E-state index contributed by atoms with van der Waals surface area (Å²) in [6.45, 7) is -0.463. The van der Waals surface area contributed by atoms with Crippen molar-refractivity contribution in [3.63, 3.8) is 0 Å². The van der Waals surface area contributed by atoms with E-state index in [1.165, 1.54) is 27.8 Å². The van der Waals surface area contributed by atoms with Gasteiger partial charge in [-0.25, -0.2) is 9.20 Å². The number of nitrogens with zero attached hydrogens (tertiary/aromatic N) is 8. The van der Waals surface area contributed by atoms with Gasteiger partial charge in [0, 0.05) is 35.9 Å². The summed E-state index contributed by atoms with van der Waals surface area (Å²) in [4.78, 5) is 8.49. The molecule has 2 aromatic carbocycles. The second-order valence-corrected chi connectivity index (χ2v) is 9.49. The highest BCUT2D eigenvalue weighted by Gasteiger charge is 2.37. The van der Waals surface area contributed by atoms with Crippen molar-refractivity contribution in [2.24, 2.45) is 0 Å². The van der Waals surface area contributed by atoms with E-state index in [4.69, 9.17) is 11.6 Å². The average molecular weight is 601 g/mol. The molecule has 0 aliphatic heterocycles. The first kappa shape index (κ1) is 27.3. The predicted octanol–water partition coefficient (Wildman–Crippen LogP) is 6.85. The van der Waals surface area contributed by atoms with Crippen molar-refractivity contribution in [2.75, 3.05) is 0 Å². The molecule has 0 aliphatic carbocycles. The quantitative estimate of drug-likeness (QED) is 0.201. The van der Waals surface area contributed by atoms with Crippen LogP contribution >= 0.6 is 11.6 Å². The maximum absolute atomic E-state index is 13.5. The van der Waals surface area contributed by atoms with Gasteiger partial charge in [-0.3, -0.25) is 9.97 Å². The molecule has 0 unspecified atom stereocenters. The molecule has 6 rings (SSSR count). The van der Waals surface area contributed by atoms with Crippen LogP contribution in [0.25, 0.3) is 39.4 Å². The SMILES string of the molecule is FC(F)(F)c1cc(Cn2nnc(-c3nccn4nnc(-c5ccccc5Cl)c34)c2-c2ccncc2)cc(C(F)(F)F)c1. The number of benzene rings is 2. The molecule has 0 atom stereocenters. The summed E-state index contributed by atoms with van der Waals surface area (Å²) in [5, 5.41) is 17.2. The van der Waals surface area contributed by atoms with Gasteiger partial charge in [-0.1, -0.05) is 40.2 Å². The Kier molecular flexibility index (Phi) is 6.64. The van der Waals surface area contributed by atoms with Crippen LogP contribution in [0.1, 0.15) is 16.7 Å². The Morgan fingerprint density at radius 3 is 2.07 bits per heavy atom. The van der Waals surface area contributed by atoms with E-state index < -0.39 is 30.0 Å². The predicted molar refractivity (Wildman–Crippen MR) is 139 cm³/mol. The Hall–Kier alpha value is -4.85. The Morgan fingerprint density at radius 1 is 0.738 bits per heavy atom. The molecule has 0 N–H and O–H groups in total. The van der Waals surface area contributed by atoms with Crippen molar-refractivity contribution in [3.05, 3.63) is 101 Å². The van der Waals surface area contributed by atoms with Crippen LogP contribution in [0.15, 0.2) is 79.4 Å². The molecule has 0 bridgehead atoms. The summed E-state index contributed by atoms with van der Waals surface area (Å²) in [6.07, 6.45) is -4.03. The van der Waals surface area contributed by atoms with Gasteiger partial charge >= 0.3 is 12.4 Å². The van der Waals surface area contributed by atoms with Crippen LogP contribution in [-0.4, -0.2) is 39.8 Å². The van der Waals surface area contributed by atoms with Crippen molar-refractivity contribution >= 4 is 17.1 Å². The van der Waals surface area contributed by atoms with Crippen LogP contribution in [0.4, 0.5) is 26.3 Å². The maximum Gasteiger partial charge on any atom is 0.416 e. The Morgan fingerprint density at radius 2 is 1.40 bits per heavy atom. The van der Waals surface area contributed by atoms with E-state index in [2.05, 4.69) is 30.6 Å². The molecule has 0 amide bonds. The lowest BCUT2D eigenvalue weighted by atomic mass is 10.0. The molecule has 0 fully saturated rings. The second kappa shape index (κ2) is 10.2. The lowest BCUT2D eigenvalue weighted by molar-refractivity contribution is -0.143. The summed E-state index contributed by atoms with van der Waals surface area (Å²) in [5.41, 5.74) is -0.584. The number of alkyl halides is 6. The number of pyridine rings is 1. The van der Waals surface area contributed by atoms with Crippen LogP contribution in [0.2, 0.25) is 5.02 Å². The number of hydrogen-bond acceptors (Lipinski definition) is 6. The van der Waals surface area contributed by atoms with Gasteiger partial charge in [-0.15, -0.1) is 10.2 Å². The van der Waals surface area contributed by atoms with Gasteiger partial charge in [0.05, 0.1) is 28.4 Å². The Bertz CT molecular complexity index is 1880. The number of hydrogen-bond donors (Lipinski definition) is 0. The number of aromatic nitrogens is 8. The van der Waals surface area contributed by atoms with E-state index in [0.717, 1.165) is 0 Å². The first-order valence-corrected chi connectivity index (χ1v) is 12.5. The lowest BCUT2D eigenvalue weighted by Crippen LogP contribution is -2.13. The highest BCUT2D eigenvalue weighted by Crippen LogP contribution is 2.39. The minimum Gasteiger partial charge on any atom is -0.265 e. The Labute approximate surface area is 237 Å². The number of halogens is 7. The van der Waals surface area contributed by atoms with Crippen LogP contribution in [0.3, 0.4) is 0 Å². The van der Waals surface area contributed by atoms with Crippen LogP contribution in [0, 0.1) is 0 Å². The Balaban J connectivity index is 1.55. The maximum atomic E-state index is 13.5. The summed E-state index contributed by atoms with van der Waals surface area (Å²) in [7, 11) is 0. The largest absolute Gasteiger partial charge is 0.416 e. The molecule has 15 heteroatoms. The monoisotopic (exact) mass is 600 g/mol. The first-order chi connectivity index (χ1) is 20.0. The van der Waals surface area contributed by atoms with Gasteiger partial charge in [-0.05, 0) is 42.0 Å². The van der Waals surface area contributed by atoms with Gasteiger partial charge in [0.1, 0.15) is 22.6 Å². The number of fused-ring (bicyclic) bond motifs is 1. The fraction of sp³-hybridized carbons (Fsp3) is 0.111. The number of rotatable bonds is 5. The van der Waals surface area contributed by atoms with E-state index in [1.54, 1.807) is 42.6 Å². The first-order valence-electron chi connectivity index (χ1n) is 12.1. The van der Waals surface area contributed by atoms with E-state index in [-0.39, 0.29) is 28.7 Å². The third-order valence-electron chi connectivity index (χ3n) is 6.35. The summed E-state index contributed by atoms with van der Waals surface area (Å²) in [5.74, 6) is 0. The zero-order valence-electron chi connectivity index (χ0n) is 20.9. The smallest absolute Gasteiger partial charge is 0.265 e. The highest BCUT2D eigenvalue weighted by atomic mass is 35.5. The third kappa shape index (κ3) is 5.04. The van der Waals surface area contributed by atoms with Gasteiger partial charge in [0.15, 0.2) is 0 Å². The van der Waals surface area contributed by atoms with Crippen molar-refractivity contribution in [1.29, 1.82) is 0 Å². The lowest BCUT2D eigenvalue weighted by Gasteiger charge is -2.15. The minimum atomic E-state index is -5.00. The molecule has 0 radical (unpaired) electrons. The third-order valence-corrected chi connectivity index (χ3v) is 6.68. The van der Waals surface area contributed by atoms with E-state index in [1.807, 2.05) is 0 Å². The van der Waals surface area contributed by atoms with Gasteiger partial charge < -0.3 is 0 Å². The fourth-order valence-electron chi connectivity index (χ4n) is 4.52. The van der Waals surface area contributed by atoms with Gasteiger partial charge in [0.25, 0.3) is 0 Å². The molecule has 0 saturated heterocycles. The van der Waals surface area contributed by atoms with Crippen molar-refractivity contribution < 1.29 is 26.3 Å². The van der Waals surface area contributed by atoms with Crippen LogP contribution < -0.4 is 0 Å². The standard InChI is InChI=1S/C27H15ClF6N8/c28-20-4-2-1-3-19(20)21-25-22(36-9-10-41(25)39-37-21)23-24(16-5-7-35-8-6-16)42(40-38-23)14-15-11-17(26(29,30)31)13-18(12-15)27(32,33)34/h1-13H,14H2. The second-order valence-electron chi connectivity index (χ2n) is 9.08. The van der Waals surface area contributed by atoms with Crippen molar-refractivity contribution in [1.82, 2.24) is 39.8 Å². The molecule has 4 aromatic heterocycles. The van der Waals surface area contributed by atoms with Gasteiger partial charge in [0.2, 0.25) is 0 Å². The van der Waals surface area contributed by atoms with Gasteiger partial charge in [-0.2, -0.15) is 26.3 Å². The molecular formula is C27H15ClF6N8. The minimum absolute atomic E-state index is 0.0769. The van der Waals surface area contributed by atoms with Crippen molar-refractivity contribution in [3.8, 4) is 33.9 Å².